The number of hydrogen-bond donors (Lipinski definition) is 0. The van der Waals surface area contributed by atoms with Crippen molar-refractivity contribution < 1.29 is 23.5 Å². The predicted molar refractivity (Wildman–Crippen MR) is 153 cm³/mol. The molecule has 1 aromatic carbocycles. The second kappa shape index (κ2) is 13.1. The topological polar surface area (TPSA) is 62.3 Å². The molecule has 0 aromatic heterocycles. The zero-order chi connectivity index (χ0) is 28.1. The van der Waals surface area contributed by atoms with Crippen molar-refractivity contribution in [2.45, 2.75) is 95.6 Å². The van der Waals surface area contributed by atoms with Gasteiger partial charge in [0, 0.05) is 64.1 Å². The van der Waals surface area contributed by atoms with E-state index in [-0.39, 0.29) is 28.9 Å². The Morgan fingerprint density at radius 2 is 1.80 bits per heavy atom. The second-order valence-electron chi connectivity index (χ2n) is 12.6. The smallest absolute Gasteiger partial charge is 0.410 e. The number of nitrogens with zero attached hydrogens (tertiary/aromatic N) is 3. The van der Waals surface area contributed by atoms with Crippen LogP contribution in [0.25, 0.3) is 0 Å². The summed E-state index contributed by atoms with van der Waals surface area (Å²) in [4.78, 5) is 32.7. The Labute approximate surface area is 239 Å². The molecular weight excluding hydrogens is 509 g/mol. The molecule has 222 valence electrons. The van der Waals surface area contributed by atoms with E-state index in [1.807, 2.05) is 4.90 Å². The number of likely N-dealkylation sites (tertiary alicyclic amines) is 2. The number of halogens is 1. The van der Waals surface area contributed by atoms with Crippen LogP contribution in [0.5, 0.6) is 5.75 Å². The maximum Gasteiger partial charge on any atom is 0.410 e. The summed E-state index contributed by atoms with van der Waals surface area (Å²) < 4.78 is 26.2. The largest absolute Gasteiger partial charge is 0.496 e. The van der Waals surface area contributed by atoms with E-state index in [4.69, 9.17) is 9.47 Å². The number of benzene rings is 1. The lowest BCUT2D eigenvalue weighted by molar-refractivity contribution is -0.127. The normalized spacial score (nSPS) is 24.8. The minimum Gasteiger partial charge on any atom is -0.496 e. The molecule has 4 fully saturated rings. The summed E-state index contributed by atoms with van der Waals surface area (Å²) in [7, 11) is 1.46. The first-order valence-electron chi connectivity index (χ1n) is 15.8. The maximum atomic E-state index is 14.5. The Balaban J connectivity index is 1.16. The Morgan fingerprint density at radius 1 is 1.07 bits per heavy atom. The molecule has 0 radical (unpaired) electrons. The van der Waals surface area contributed by atoms with Crippen molar-refractivity contribution in [2.24, 2.45) is 11.8 Å². The van der Waals surface area contributed by atoms with Gasteiger partial charge < -0.3 is 19.3 Å². The van der Waals surface area contributed by atoms with Crippen molar-refractivity contribution in [3.8, 4) is 5.75 Å². The third-order valence-electron chi connectivity index (χ3n) is 10.2. The summed E-state index contributed by atoms with van der Waals surface area (Å²) in [6.07, 6.45) is 13.2. The minimum absolute atomic E-state index is 0.0260. The second-order valence-corrected chi connectivity index (χ2v) is 12.6. The average Bonchev–Trinajstić information content (AvgIpc) is 2.98. The van der Waals surface area contributed by atoms with Gasteiger partial charge in [-0.3, -0.25) is 9.69 Å². The molecule has 3 saturated heterocycles. The van der Waals surface area contributed by atoms with Crippen LogP contribution < -0.4 is 4.74 Å². The van der Waals surface area contributed by atoms with Crippen molar-refractivity contribution in [1.82, 2.24) is 14.7 Å². The number of amides is 2. The number of methoxy groups -OCH3 is 1. The number of carbonyl (C=O) groups is 2. The standard InChI is InChI=1S/C32H48FN3O4/c1-3-4-11-25-23-36(22-24-9-6-5-7-10-24)31(38)40-32(25)16-20-34(21-17-32)26-14-18-35(19-15-26)30(37)29-27(33)12-8-13-28(29)39-2/h8,12-13,24-26H,3-7,9-11,14-23H2,1-2H3. The van der Waals surface area contributed by atoms with E-state index in [0.717, 1.165) is 64.7 Å². The fraction of sp³-hybridized carbons (Fsp3) is 0.750. The Bertz CT molecular complexity index is 1010. The van der Waals surface area contributed by atoms with Crippen molar-refractivity contribution in [2.75, 3.05) is 46.4 Å². The first kappa shape index (κ1) is 29.2. The van der Waals surface area contributed by atoms with Crippen molar-refractivity contribution in [3.05, 3.63) is 29.6 Å². The summed E-state index contributed by atoms with van der Waals surface area (Å²) in [6, 6.07) is 4.89. The number of hydrogen-bond acceptors (Lipinski definition) is 5. The fourth-order valence-electron chi connectivity index (χ4n) is 7.72. The summed E-state index contributed by atoms with van der Waals surface area (Å²) >= 11 is 0. The molecule has 1 unspecified atom stereocenters. The van der Waals surface area contributed by atoms with Gasteiger partial charge in [0.25, 0.3) is 5.91 Å². The lowest BCUT2D eigenvalue weighted by Crippen LogP contribution is -2.61. The van der Waals surface area contributed by atoms with Crippen molar-refractivity contribution >= 4 is 12.0 Å². The third-order valence-corrected chi connectivity index (χ3v) is 10.2. The van der Waals surface area contributed by atoms with Crippen molar-refractivity contribution in [3.63, 3.8) is 0 Å². The average molecular weight is 558 g/mol. The molecule has 1 atom stereocenters. The molecule has 1 spiro atoms. The van der Waals surface area contributed by atoms with Crippen LogP contribution in [0.3, 0.4) is 0 Å². The predicted octanol–water partition coefficient (Wildman–Crippen LogP) is 6.11. The molecule has 3 aliphatic heterocycles. The van der Waals surface area contributed by atoms with Gasteiger partial charge in [-0.25, -0.2) is 9.18 Å². The van der Waals surface area contributed by atoms with Gasteiger partial charge in [-0.1, -0.05) is 45.1 Å². The van der Waals surface area contributed by atoms with Crippen LogP contribution in [0.4, 0.5) is 9.18 Å². The van der Waals surface area contributed by atoms with Crippen LogP contribution in [0, 0.1) is 17.7 Å². The van der Waals surface area contributed by atoms with Gasteiger partial charge in [0.1, 0.15) is 22.7 Å². The highest BCUT2D eigenvalue weighted by atomic mass is 19.1. The molecule has 8 heteroatoms. The van der Waals surface area contributed by atoms with E-state index in [1.54, 1.807) is 17.0 Å². The van der Waals surface area contributed by atoms with Crippen LogP contribution in [0.2, 0.25) is 0 Å². The van der Waals surface area contributed by atoms with Crippen molar-refractivity contribution in [1.29, 1.82) is 0 Å². The lowest BCUT2D eigenvalue weighted by atomic mass is 9.75. The van der Waals surface area contributed by atoms with Gasteiger partial charge in [0.2, 0.25) is 0 Å². The number of rotatable bonds is 8. The van der Waals surface area contributed by atoms with E-state index in [9.17, 15) is 14.0 Å². The molecule has 4 aliphatic rings. The zero-order valence-corrected chi connectivity index (χ0v) is 24.5. The highest BCUT2D eigenvalue weighted by molar-refractivity contribution is 5.97. The first-order valence-corrected chi connectivity index (χ1v) is 15.8. The summed E-state index contributed by atoms with van der Waals surface area (Å²) in [5, 5.41) is 0. The molecule has 1 saturated carbocycles. The highest BCUT2D eigenvalue weighted by Crippen LogP contribution is 2.42. The number of ether oxygens (including phenoxy) is 2. The quantitative estimate of drug-likeness (QED) is 0.386. The minimum atomic E-state index is -0.537. The van der Waals surface area contributed by atoms with Gasteiger partial charge >= 0.3 is 6.09 Å². The van der Waals surface area contributed by atoms with Gasteiger partial charge in [0.15, 0.2) is 0 Å². The van der Waals surface area contributed by atoms with E-state index in [2.05, 4.69) is 11.8 Å². The fourth-order valence-corrected chi connectivity index (χ4v) is 7.72. The van der Waals surface area contributed by atoms with E-state index < -0.39 is 5.82 Å². The molecular formula is C32H48FN3O4. The van der Waals surface area contributed by atoms with E-state index >= 15 is 0 Å². The van der Waals surface area contributed by atoms with Gasteiger partial charge in [-0.15, -0.1) is 0 Å². The molecule has 1 aliphatic carbocycles. The van der Waals surface area contributed by atoms with Crippen LogP contribution in [0.15, 0.2) is 18.2 Å². The molecule has 40 heavy (non-hydrogen) atoms. The van der Waals surface area contributed by atoms with Gasteiger partial charge in [-0.05, 0) is 50.2 Å². The Morgan fingerprint density at radius 3 is 2.48 bits per heavy atom. The summed E-state index contributed by atoms with van der Waals surface area (Å²) in [5.74, 6) is 0.471. The number of unbranched alkanes of at least 4 members (excludes halogenated alkanes) is 1. The molecule has 3 heterocycles. The molecule has 2 amide bonds. The Kier molecular flexibility index (Phi) is 9.54. The number of piperidine rings is 2. The Hall–Kier alpha value is -2.35. The molecule has 0 N–H and O–H groups in total. The highest BCUT2D eigenvalue weighted by Gasteiger charge is 2.50. The maximum absolute atomic E-state index is 14.5. The van der Waals surface area contributed by atoms with Gasteiger partial charge in [0.05, 0.1) is 7.11 Å². The van der Waals surface area contributed by atoms with E-state index in [1.165, 1.54) is 51.7 Å². The van der Waals surface area contributed by atoms with Crippen LogP contribution >= 0.6 is 0 Å². The first-order chi connectivity index (χ1) is 19.4. The lowest BCUT2D eigenvalue weighted by Gasteiger charge is -2.52. The summed E-state index contributed by atoms with van der Waals surface area (Å²) in [5.41, 5.74) is -0.317. The molecule has 5 rings (SSSR count). The molecule has 1 aromatic rings. The van der Waals surface area contributed by atoms with Gasteiger partial charge in [-0.2, -0.15) is 0 Å². The molecule has 7 nitrogen and oxygen atoms in total. The third kappa shape index (κ3) is 6.27. The van der Waals surface area contributed by atoms with Crippen LogP contribution in [0.1, 0.15) is 94.3 Å². The zero-order valence-electron chi connectivity index (χ0n) is 24.5. The van der Waals surface area contributed by atoms with E-state index in [0.29, 0.717) is 31.0 Å². The molecule has 0 bridgehead atoms. The monoisotopic (exact) mass is 557 g/mol. The van der Waals surface area contributed by atoms with Crippen LogP contribution in [-0.2, 0) is 4.74 Å². The summed E-state index contributed by atoms with van der Waals surface area (Å²) in [6.45, 7) is 6.98. The number of carbonyl (C=O) groups excluding carboxylic acids is 2. The van der Waals surface area contributed by atoms with Crippen LogP contribution in [-0.4, -0.2) is 84.7 Å². The SMILES string of the molecule is CCCCC1CN(CC2CCCCC2)C(=O)OC12CCN(C1CCN(C(=O)c3c(F)cccc3OC)CC1)CC2.